The average Bonchev–Trinajstić information content (AvgIpc) is 2.52. The molecule has 0 aliphatic rings. The maximum atomic E-state index is 12.3. The molecule has 0 N–H and O–H groups in total. The maximum absolute atomic E-state index is 12.3. The van der Waals surface area contributed by atoms with Crippen molar-refractivity contribution in [3.63, 3.8) is 0 Å². The Morgan fingerprint density at radius 1 is 0.870 bits per heavy atom. The summed E-state index contributed by atoms with van der Waals surface area (Å²) in [7, 11) is 1.21. The first-order chi connectivity index (χ1) is 11.0. The van der Waals surface area contributed by atoms with Crippen molar-refractivity contribution >= 4 is 17.9 Å². The lowest BCUT2D eigenvalue weighted by atomic mass is 9.95. The smallest absolute Gasteiger partial charge is 0.339 e. The fourth-order valence-corrected chi connectivity index (χ4v) is 1.85. The number of carbonyl (C=O) groups is 3. The zero-order valence-corrected chi connectivity index (χ0v) is 14.5. The topological polar surface area (TPSA) is 88.1 Å². The van der Waals surface area contributed by atoms with Gasteiger partial charge < -0.3 is 18.9 Å². The highest BCUT2D eigenvalue weighted by Gasteiger charge is 2.46. The van der Waals surface area contributed by atoms with Crippen LogP contribution in [0.4, 0.5) is 0 Å². The van der Waals surface area contributed by atoms with Crippen molar-refractivity contribution < 1.29 is 33.3 Å². The monoisotopic (exact) mass is 332 g/mol. The number of esters is 3. The molecule has 0 heterocycles. The lowest BCUT2D eigenvalue weighted by Gasteiger charge is -2.29. The predicted molar refractivity (Wildman–Crippen MR) is 82.7 cm³/mol. The third-order valence-electron chi connectivity index (χ3n) is 3.08. The number of hydrogen-bond acceptors (Lipinski definition) is 7. The number of carbonyl (C=O) groups excluding carboxylic acids is 3. The molecule has 23 heavy (non-hydrogen) atoms. The van der Waals surface area contributed by atoms with E-state index in [0.717, 1.165) is 12.8 Å². The SMILES string of the molecule is CCCCOC(=O)CC(CC(=O)OC)(OCCC)C(=O)OCC. The second-order valence-corrected chi connectivity index (χ2v) is 5.07. The molecule has 0 aliphatic heterocycles. The molecule has 0 saturated carbocycles. The molecule has 0 radical (unpaired) electrons. The molecule has 0 aliphatic carbocycles. The second kappa shape index (κ2) is 11.9. The number of unbranched alkanes of at least 4 members (excludes halogenated alkanes) is 1. The van der Waals surface area contributed by atoms with Crippen molar-refractivity contribution in [1.29, 1.82) is 0 Å². The van der Waals surface area contributed by atoms with E-state index in [0.29, 0.717) is 6.42 Å². The normalized spacial score (nSPS) is 13.0. The van der Waals surface area contributed by atoms with E-state index in [2.05, 4.69) is 4.74 Å². The van der Waals surface area contributed by atoms with E-state index in [1.165, 1.54) is 7.11 Å². The van der Waals surface area contributed by atoms with E-state index in [1.807, 2.05) is 13.8 Å². The van der Waals surface area contributed by atoms with Crippen LogP contribution < -0.4 is 0 Å². The molecular weight excluding hydrogens is 304 g/mol. The van der Waals surface area contributed by atoms with Gasteiger partial charge >= 0.3 is 17.9 Å². The van der Waals surface area contributed by atoms with E-state index < -0.39 is 29.9 Å². The van der Waals surface area contributed by atoms with Crippen LogP contribution in [0.3, 0.4) is 0 Å². The highest BCUT2D eigenvalue weighted by atomic mass is 16.6. The van der Waals surface area contributed by atoms with Gasteiger partial charge in [0.15, 0.2) is 5.60 Å². The zero-order valence-electron chi connectivity index (χ0n) is 14.5. The molecule has 0 fully saturated rings. The average molecular weight is 332 g/mol. The summed E-state index contributed by atoms with van der Waals surface area (Å²) >= 11 is 0. The Bertz CT molecular complexity index is 381. The van der Waals surface area contributed by atoms with E-state index in [-0.39, 0.29) is 26.2 Å². The molecule has 0 bridgehead atoms. The van der Waals surface area contributed by atoms with Crippen LogP contribution in [0, 0.1) is 0 Å². The van der Waals surface area contributed by atoms with Gasteiger partial charge in [0, 0.05) is 6.61 Å². The third kappa shape index (κ3) is 7.97. The van der Waals surface area contributed by atoms with Crippen LogP contribution in [0.1, 0.15) is 52.9 Å². The summed E-state index contributed by atoms with van der Waals surface area (Å²) < 4.78 is 20.3. The van der Waals surface area contributed by atoms with Crippen molar-refractivity contribution in [3.8, 4) is 0 Å². The second-order valence-electron chi connectivity index (χ2n) is 5.07. The minimum Gasteiger partial charge on any atom is -0.469 e. The van der Waals surface area contributed by atoms with Crippen LogP contribution in [0.5, 0.6) is 0 Å². The molecule has 0 aromatic rings. The Labute approximate surface area is 137 Å². The standard InChI is InChI=1S/C16H28O7/c1-5-8-10-22-14(18)12-16(23-9-6-2,11-13(17)20-4)15(19)21-7-3/h5-12H2,1-4H3. The molecule has 0 saturated heterocycles. The Morgan fingerprint density at radius 2 is 1.52 bits per heavy atom. The number of hydrogen-bond donors (Lipinski definition) is 0. The zero-order chi connectivity index (χ0) is 17.7. The number of rotatable bonds is 12. The molecular formula is C16H28O7. The van der Waals surface area contributed by atoms with Gasteiger partial charge in [-0.3, -0.25) is 9.59 Å². The summed E-state index contributed by atoms with van der Waals surface area (Å²) in [5.41, 5.74) is -1.71. The Kier molecular flexibility index (Phi) is 11.0. The maximum Gasteiger partial charge on any atom is 0.339 e. The molecule has 1 atom stereocenters. The van der Waals surface area contributed by atoms with Crippen LogP contribution >= 0.6 is 0 Å². The molecule has 0 rings (SSSR count). The minimum absolute atomic E-state index is 0.113. The summed E-state index contributed by atoms with van der Waals surface area (Å²) in [5.74, 6) is -2.02. The van der Waals surface area contributed by atoms with Gasteiger partial charge in [0.1, 0.15) is 0 Å². The summed E-state index contributed by atoms with van der Waals surface area (Å²) in [5, 5.41) is 0. The van der Waals surface area contributed by atoms with Gasteiger partial charge in [0.05, 0.1) is 33.2 Å². The summed E-state index contributed by atoms with van der Waals surface area (Å²) in [4.78, 5) is 36.0. The fraction of sp³-hybridized carbons (Fsp3) is 0.812. The van der Waals surface area contributed by atoms with E-state index in [4.69, 9.17) is 14.2 Å². The van der Waals surface area contributed by atoms with Gasteiger partial charge in [0.2, 0.25) is 0 Å². The first-order valence-corrected chi connectivity index (χ1v) is 7.99. The van der Waals surface area contributed by atoms with E-state index in [1.54, 1.807) is 6.92 Å². The molecule has 1 unspecified atom stereocenters. The van der Waals surface area contributed by atoms with Gasteiger partial charge in [-0.1, -0.05) is 20.3 Å². The van der Waals surface area contributed by atoms with Gasteiger partial charge in [-0.25, -0.2) is 4.79 Å². The molecule has 0 spiro atoms. The first kappa shape index (κ1) is 21.4. The van der Waals surface area contributed by atoms with Crippen LogP contribution in [-0.4, -0.2) is 50.4 Å². The van der Waals surface area contributed by atoms with Crippen molar-refractivity contribution in [3.05, 3.63) is 0 Å². The van der Waals surface area contributed by atoms with E-state index >= 15 is 0 Å². The Hall–Kier alpha value is -1.63. The summed E-state index contributed by atoms with van der Waals surface area (Å²) in [6.07, 6.45) is 1.44. The Balaban J connectivity index is 5.20. The van der Waals surface area contributed by atoms with Gasteiger partial charge in [-0.2, -0.15) is 0 Å². The highest BCUT2D eigenvalue weighted by Crippen LogP contribution is 2.25. The number of ether oxygens (including phenoxy) is 4. The number of methoxy groups -OCH3 is 1. The van der Waals surface area contributed by atoms with Crippen molar-refractivity contribution in [2.75, 3.05) is 26.9 Å². The Morgan fingerprint density at radius 3 is 2.04 bits per heavy atom. The largest absolute Gasteiger partial charge is 0.469 e. The highest BCUT2D eigenvalue weighted by molar-refractivity contribution is 5.90. The van der Waals surface area contributed by atoms with Gasteiger partial charge in [-0.05, 0) is 19.8 Å². The van der Waals surface area contributed by atoms with Crippen molar-refractivity contribution in [1.82, 2.24) is 0 Å². The molecule has 0 amide bonds. The summed E-state index contributed by atoms with van der Waals surface area (Å²) in [6.45, 7) is 6.05. The molecule has 0 aromatic heterocycles. The van der Waals surface area contributed by atoms with E-state index in [9.17, 15) is 14.4 Å². The van der Waals surface area contributed by atoms with Crippen LogP contribution in [0.2, 0.25) is 0 Å². The lowest BCUT2D eigenvalue weighted by molar-refractivity contribution is -0.184. The van der Waals surface area contributed by atoms with Crippen LogP contribution in [-0.2, 0) is 33.3 Å². The molecule has 134 valence electrons. The quantitative estimate of drug-likeness (QED) is 0.307. The molecule has 7 nitrogen and oxygen atoms in total. The fourth-order valence-electron chi connectivity index (χ4n) is 1.85. The first-order valence-electron chi connectivity index (χ1n) is 7.99. The molecule has 0 aromatic carbocycles. The molecule has 7 heteroatoms. The van der Waals surface area contributed by atoms with Crippen LogP contribution in [0.25, 0.3) is 0 Å². The lowest BCUT2D eigenvalue weighted by Crippen LogP contribution is -2.47. The van der Waals surface area contributed by atoms with Crippen LogP contribution in [0.15, 0.2) is 0 Å². The predicted octanol–water partition coefficient (Wildman–Crippen LogP) is 2.01. The van der Waals surface area contributed by atoms with Gasteiger partial charge in [0.25, 0.3) is 0 Å². The summed E-state index contributed by atoms with van der Waals surface area (Å²) in [6, 6.07) is 0. The van der Waals surface area contributed by atoms with Gasteiger partial charge in [-0.15, -0.1) is 0 Å². The third-order valence-corrected chi connectivity index (χ3v) is 3.08. The van der Waals surface area contributed by atoms with Crippen molar-refractivity contribution in [2.45, 2.75) is 58.5 Å². The minimum atomic E-state index is -1.71. The van der Waals surface area contributed by atoms with Crippen molar-refractivity contribution in [2.24, 2.45) is 0 Å².